The Bertz CT molecular complexity index is 1280. The molecule has 0 atom stereocenters. The zero-order chi connectivity index (χ0) is 26.3. The number of thioether (sulfide) groups is 1. The zero-order valence-corrected chi connectivity index (χ0v) is 22.8. The summed E-state index contributed by atoms with van der Waals surface area (Å²) in [5, 5.41) is 1.09. The fourth-order valence-electron chi connectivity index (χ4n) is 4.36. The molecule has 0 N–H and O–H groups in total. The molecule has 0 saturated heterocycles. The summed E-state index contributed by atoms with van der Waals surface area (Å²) in [5.74, 6) is -0.0821. The molecule has 0 bridgehead atoms. The van der Waals surface area contributed by atoms with E-state index in [2.05, 4.69) is 0 Å². The summed E-state index contributed by atoms with van der Waals surface area (Å²) in [6, 6.07) is 15.4. The molecule has 1 saturated carbocycles. The lowest BCUT2D eigenvalue weighted by Gasteiger charge is -2.26. The van der Waals surface area contributed by atoms with Gasteiger partial charge >= 0.3 is 0 Å². The summed E-state index contributed by atoms with van der Waals surface area (Å²) >= 11 is 7.93. The van der Waals surface area contributed by atoms with Gasteiger partial charge in [-0.2, -0.15) is 11.8 Å². The highest BCUT2D eigenvalue weighted by atomic mass is 35.5. The van der Waals surface area contributed by atoms with Crippen molar-refractivity contribution in [2.24, 2.45) is 0 Å². The minimum Gasteiger partial charge on any atom is -0.493 e. The first-order chi connectivity index (χ1) is 17.8. The third-order valence-electron chi connectivity index (χ3n) is 6.32. The Balaban J connectivity index is 1.53. The van der Waals surface area contributed by atoms with Crippen LogP contribution in [-0.2, 0) is 16.6 Å². The summed E-state index contributed by atoms with van der Waals surface area (Å²) in [7, 11) is -4.26. The lowest BCUT2D eigenvalue weighted by Crippen LogP contribution is -2.31. The molecule has 0 aliphatic heterocycles. The number of nitrogens with zero attached hydrogens (tertiary/aromatic N) is 1. The first kappa shape index (κ1) is 27.7. The topological polar surface area (TPSA) is 46.6 Å². The Labute approximate surface area is 227 Å². The van der Waals surface area contributed by atoms with Crippen molar-refractivity contribution < 1.29 is 21.9 Å². The molecular weight excluding hydrogens is 536 g/mol. The van der Waals surface area contributed by atoms with Crippen LogP contribution >= 0.6 is 23.4 Å². The van der Waals surface area contributed by atoms with Crippen molar-refractivity contribution in [3.63, 3.8) is 0 Å². The highest BCUT2D eigenvalue weighted by molar-refractivity contribution is 7.99. The van der Waals surface area contributed by atoms with Crippen LogP contribution in [0.3, 0.4) is 0 Å². The molecule has 0 heterocycles. The zero-order valence-electron chi connectivity index (χ0n) is 20.4. The molecule has 1 aliphatic rings. The fraction of sp³-hybridized carbons (Fsp3) is 0.357. The van der Waals surface area contributed by atoms with E-state index in [9.17, 15) is 17.2 Å². The van der Waals surface area contributed by atoms with Crippen LogP contribution < -0.4 is 9.04 Å². The SMILES string of the molecule is O=S(=O)(c1ccc(Cl)cc1)N(Cc1ccccc1OCCCSC1CCCCC1)c1cc(F)ccc1F. The largest absolute Gasteiger partial charge is 0.493 e. The predicted octanol–water partition coefficient (Wildman–Crippen LogP) is 7.85. The molecule has 0 amide bonds. The molecule has 4 nitrogen and oxygen atoms in total. The molecule has 198 valence electrons. The lowest BCUT2D eigenvalue weighted by molar-refractivity contribution is 0.315. The number of rotatable bonds is 11. The van der Waals surface area contributed by atoms with Gasteiger partial charge in [0.25, 0.3) is 10.0 Å². The third-order valence-corrected chi connectivity index (χ3v) is 9.81. The summed E-state index contributed by atoms with van der Waals surface area (Å²) < 4.78 is 63.1. The van der Waals surface area contributed by atoms with Crippen LogP contribution in [0, 0.1) is 11.6 Å². The maximum atomic E-state index is 14.8. The van der Waals surface area contributed by atoms with E-state index in [0.29, 0.717) is 22.9 Å². The van der Waals surface area contributed by atoms with Gasteiger partial charge in [0.05, 0.1) is 23.7 Å². The van der Waals surface area contributed by atoms with E-state index in [1.165, 1.54) is 56.4 Å². The monoisotopic (exact) mass is 565 g/mol. The van der Waals surface area contributed by atoms with E-state index < -0.39 is 21.7 Å². The van der Waals surface area contributed by atoms with Crippen LogP contribution in [-0.4, -0.2) is 26.0 Å². The van der Waals surface area contributed by atoms with Gasteiger partial charge in [0.1, 0.15) is 17.4 Å². The second-order valence-corrected chi connectivity index (χ2v) is 12.7. The van der Waals surface area contributed by atoms with Gasteiger partial charge in [-0.3, -0.25) is 4.31 Å². The van der Waals surface area contributed by atoms with E-state index in [0.717, 1.165) is 39.9 Å². The van der Waals surface area contributed by atoms with Gasteiger partial charge in [0.2, 0.25) is 0 Å². The number of sulfonamides is 1. The van der Waals surface area contributed by atoms with E-state index >= 15 is 0 Å². The van der Waals surface area contributed by atoms with Crippen LogP contribution in [0.1, 0.15) is 44.1 Å². The number of hydrogen-bond donors (Lipinski definition) is 0. The van der Waals surface area contributed by atoms with Crippen LogP contribution in [0.2, 0.25) is 5.02 Å². The van der Waals surface area contributed by atoms with Crippen LogP contribution in [0.25, 0.3) is 0 Å². The molecule has 3 aromatic carbocycles. The van der Waals surface area contributed by atoms with E-state index in [-0.39, 0.29) is 17.1 Å². The van der Waals surface area contributed by atoms with Gasteiger partial charge in [-0.25, -0.2) is 17.2 Å². The lowest BCUT2D eigenvalue weighted by atomic mass is 10.0. The summed E-state index contributed by atoms with van der Waals surface area (Å²) in [6.07, 6.45) is 7.37. The third kappa shape index (κ3) is 7.39. The van der Waals surface area contributed by atoms with E-state index in [1.807, 2.05) is 11.8 Å². The molecule has 1 aliphatic carbocycles. The maximum absolute atomic E-state index is 14.8. The Hall–Kier alpha value is -2.29. The highest BCUT2D eigenvalue weighted by Crippen LogP contribution is 2.32. The van der Waals surface area contributed by atoms with E-state index in [4.69, 9.17) is 16.3 Å². The number of hydrogen-bond acceptors (Lipinski definition) is 4. The first-order valence-corrected chi connectivity index (χ1v) is 15.3. The normalized spacial score (nSPS) is 14.5. The van der Waals surface area contributed by atoms with Crippen molar-refractivity contribution in [2.45, 2.75) is 55.2 Å². The van der Waals surface area contributed by atoms with Gasteiger partial charge in [-0.15, -0.1) is 0 Å². The van der Waals surface area contributed by atoms with Gasteiger partial charge in [0.15, 0.2) is 0 Å². The average molecular weight is 566 g/mol. The fourth-order valence-corrected chi connectivity index (χ4v) is 7.22. The van der Waals surface area contributed by atoms with Gasteiger partial charge in [-0.05, 0) is 67.5 Å². The Kier molecular flexibility index (Phi) is 9.73. The Morgan fingerprint density at radius 1 is 0.973 bits per heavy atom. The quantitative estimate of drug-likeness (QED) is 0.222. The standard InChI is InChI=1S/C28H30ClF2NO3S2/c29-22-11-14-25(15-12-22)37(33,34)32(27-19-23(30)13-16-26(27)31)20-21-7-4-5-10-28(21)35-17-6-18-36-24-8-2-1-3-9-24/h4-5,7,10-16,19,24H,1-3,6,8-9,17-18,20H2. The minimum atomic E-state index is -4.26. The van der Waals surface area contributed by atoms with Gasteiger partial charge in [0, 0.05) is 21.9 Å². The summed E-state index contributed by atoms with van der Waals surface area (Å²) in [4.78, 5) is -0.0845. The Morgan fingerprint density at radius 2 is 1.70 bits per heavy atom. The average Bonchev–Trinajstić information content (AvgIpc) is 2.90. The van der Waals surface area contributed by atoms with Crippen molar-refractivity contribution in [2.75, 3.05) is 16.7 Å². The number of halogens is 3. The number of para-hydroxylation sites is 1. The molecule has 3 aromatic rings. The number of ether oxygens (including phenoxy) is 1. The maximum Gasteiger partial charge on any atom is 0.264 e. The van der Waals surface area contributed by atoms with Crippen LogP contribution in [0.4, 0.5) is 14.5 Å². The molecular formula is C28H30ClF2NO3S2. The van der Waals surface area contributed by atoms with Crippen LogP contribution in [0.5, 0.6) is 5.75 Å². The molecule has 0 aromatic heterocycles. The highest BCUT2D eigenvalue weighted by Gasteiger charge is 2.29. The molecule has 4 rings (SSSR count). The second-order valence-electron chi connectivity index (χ2n) is 9.00. The van der Waals surface area contributed by atoms with Crippen molar-refractivity contribution in [3.05, 3.63) is 89.0 Å². The molecule has 9 heteroatoms. The van der Waals surface area contributed by atoms with E-state index in [1.54, 1.807) is 24.3 Å². The van der Waals surface area contributed by atoms with Crippen molar-refractivity contribution in [1.29, 1.82) is 0 Å². The minimum absolute atomic E-state index is 0.0845. The molecule has 1 fully saturated rings. The van der Waals surface area contributed by atoms with Gasteiger partial charge in [-0.1, -0.05) is 49.1 Å². The predicted molar refractivity (Wildman–Crippen MR) is 147 cm³/mol. The van der Waals surface area contributed by atoms with Gasteiger partial charge < -0.3 is 4.74 Å². The first-order valence-electron chi connectivity index (χ1n) is 12.4. The second kappa shape index (κ2) is 13.0. The molecule has 0 unspecified atom stereocenters. The smallest absolute Gasteiger partial charge is 0.264 e. The number of anilines is 1. The Morgan fingerprint density at radius 3 is 2.46 bits per heavy atom. The summed E-state index contributed by atoms with van der Waals surface area (Å²) in [5.41, 5.74) is 0.164. The van der Waals surface area contributed by atoms with Crippen molar-refractivity contribution in [3.8, 4) is 5.75 Å². The number of benzene rings is 3. The van der Waals surface area contributed by atoms with Crippen molar-refractivity contribution in [1.82, 2.24) is 0 Å². The van der Waals surface area contributed by atoms with Crippen molar-refractivity contribution >= 4 is 39.1 Å². The summed E-state index contributed by atoms with van der Waals surface area (Å²) in [6.45, 7) is 0.243. The molecule has 0 spiro atoms. The molecule has 0 radical (unpaired) electrons. The van der Waals surface area contributed by atoms with Crippen LogP contribution in [0.15, 0.2) is 71.6 Å². The molecule has 37 heavy (non-hydrogen) atoms.